The summed E-state index contributed by atoms with van der Waals surface area (Å²) in [7, 11) is 0. The lowest BCUT2D eigenvalue weighted by atomic mass is 10.0. The number of carbonyl (C=O) groups is 2. The van der Waals surface area contributed by atoms with E-state index in [1.807, 2.05) is 6.92 Å². The number of nitrogens with one attached hydrogen (secondary N) is 1. The predicted octanol–water partition coefficient (Wildman–Crippen LogP) is 0.518. The van der Waals surface area contributed by atoms with Crippen molar-refractivity contribution in [3.63, 3.8) is 0 Å². The van der Waals surface area contributed by atoms with Crippen LogP contribution in [0, 0.1) is 0 Å². The lowest BCUT2D eigenvalue weighted by Gasteiger charge is -2.21. The van der Waals surface area contributed by atoms with Crippen LogP contribution in [0.5, 0.6) is 0 Å². The highest BCUT2D eigenvalue weighted by Crippen LogP contribution is 2.07. The molecule has 0 aliphatic heterocycles. The second kappa shape index (κ2) is 6.40. The Morgan fingerprint density at radius 1 is 1.40 bits per heavy atom. The lowest BCUT2D eigenvalue weighted by Crippen LogP contribution is -2.42. The van der Waals surface area contributed by atoms with Crippen LogP contribution in [0.1, 0.15) is 39.5 Å². The van der Waals surface area contributed by atoms with Gasteiger partial charge in [-0.05, 0) is 13.3 Å². The number of hydrogen-bond donors (Lipinski definition) is 3. The molecule has 0 aromatic rings. The maximum Gasteiger partial charge on any atom is 0.306 e. The molecule has 0 spiro atoms. The van der Waals surface area contributed by atoms with Gasteiger partial charge in [0.15, 0.2) is 0 Å². The lowest BCUT2D eigenvalue weighted by molar-refractivity contribution is -0.142. The minimum atomic E-state index is -1.38. The molecule has 1 unspecified atom stereocenters. The fourth-order valence-electron chi connectivity index (χ4n) is 1.10. The second-order valence-corrected chi connectivity index (χ2v) is 3.95. The molecule has 15 heavy (non-hydrogen) atoms. The molecule has 0 aliphatic rings. The molecule has 0 saturated heterocycles. The molecule has 0 heterocycles. The molecule has 0 aromatic carbocycles. The van der Waals surface area contributed by atoms with E-state index < -0.39 is 11.6 Å². The third-order valence-electron chi connectivity index (χ3n) is 1.96. The summed E-state index contributed by atoms with van der Waals surface area (Å²) in [6.45, 7) is 3.34. The zero-order chi connectivity index (χ0) is 11.9. The summed E-state index contributed by atoms with van der Waals surface area (Å²) in [4.78, 5) is 21.5. The monoisotopic (exact) mass is 217 g/mol. The first-order valence-electron chi connectivity index (χ1n) is 5.08. The van der Waals surface area contributed by atoms with Crippen molar-refractivity contribution in [2.75, 3.05) is 6.54 Å². The minimum Gasteiger partial charge on any atom is -0.481 e. The SMILES string of the molecule is CCCCC(=O)NCC(C)(O)CC(=O)O. The number of hydrogen-bond acceptors (Lipinski definition) is 3. The summed E-state index contributed by atoms with van der Waals surface area (Å²) in [5.41, 5.74) is -1.38. The van der Waals surface area contributed by atoms with Crippen molar-refractivity contribution in [2.45, 2.75) is 45.1 Å². The van der Waals surface area contributed by atoms with E-state index >= 15 is 0 Å². The third kappa shape index (κ3) is 7.93. The Morgan fingerprint density at radius 2 is 2.00 bits per heavy atom. The highest BCUT2D eigenvalue weighted by Gasteiger charge is 2.24. The number of aliphatic hydroxyl groups is 1. The van der Waals surface area contributed by atoms with Gasteiger partial charge in [0, 0.05) is 13.0 Å². The van der Waals surface area contributed by atoms with Crippen LogP contribution in [-0.2, 0) is 9.59 Å². The van der Waals surface area contributed by atoms with Crippen molar-refractivity contribution >= 4 is 11.9 Å². The fourth-order valence-corrected chi connectivity index (χ4v) is 1.10. The van der Waals surface area contributed by atoms with Gasteiger partial charge in [0.1, 0.15) is 0 Å². The highest BCUT2D eigenvalue weighted by molar-refractivity contribution is 5.76. The van der Waals surface area contributed by atoms with Crippen LogP contribution in [-0.4, -0.2) is 34.2 Å². The molecule has 0 fully saturated rings. The first kappa shape index (κ1) is 13.9. The van der Waals surface area contributed by atoms with Gasteiger partial charge in [0.05, 0.1) is 12.0 Å². The van der Waals surface area contributed by atoms with Gasteiger partial charge < -0.3 is 15.5 Å². The van der Waals surface area contributed by atoms with Crippen molar-refractivity contribution in [1.82, 2.24) is 5.32 Å². The number of aliphatic carboxylic acids is 1. The topological polar surface area (TPSA) is 86.6 Å². The number of amides is 1. The molecule has 0 aliphatic carbocycles. The Hall–Kier alpha value is -1.10. The Labute approximate surface area is 89.5 Å². The van der Waals surface area contributed by atoms with E-state index in [9.17, 15) is 14.7 Å². The number of rotatable bonds is 7. The smallest absolute Gasteiger partial charge is 0.306 e. The van der Waals surface area contributed by atoms with E-state index in [4.69, 9.17) is 5.11 Å². The van der Waals surface area contributed by atoms with Gasteiger partial charge in [-0.15, -0.1) is 0 Å². The van der Waals surface area contributed by atoms with Crippen molar-refractivity contribution in [3.8, 4) is 0 Å². The van der Waals surface area contributed by atoms with Crippen LogP contribution in [0.15, 0.2) is 0 Å². The van der Waals surface area contributed by atoms with Crippen LogP contribution in [0.25, 0.3) is 0 Å². The number of unbranched alkanes of at least 4 members (excludes halogenated alkanes) is 1. The largest absolute Gasteiger partial charge is 0.481 e. The quantitative estimate of drug-likeness (QED) is 0.580. The van der Waals surface area contributed by atoms with Crippen LogP contribution >= 0.6 is 0 Å². The third-order valence-corrected chi connectivity index (χ3v) is 1.96. The molecular weight excluding hydrogens is 198 g/mol. The van der Waals surface area contributed by atoms with Gasteiger partial charge in [-0.25, -0.2) is 0 Å². The fraction of sp³-hybridized carbons (Fsp3) is 0.800. The van der Waals surface area contributed by atoms with E-state index in [-0.39, 0.29) is 18.9 Å². The summed E-state index contributed by atoms with van der Waals surface area (Å²) < 4.78 is 0. The zero-order valence-electron chi connectivity index (χ0n) is 9.25. The van der Waals surface area contributed by atoms with Crippen LogP contribution in [0.4, 0.5) is 0 Å². The van der Waals surface area contributed by atoms with Crippen molar-refractivity contribution in [1.29, 1.82) is 0 Å². The molecular formula is C10H19NO4. The molecule has 1 amide bonds. The van der Waals surface area contributed by atoms with Crippen molar-refractivity contribution in [2.24, 2.45) is 0 Å². The van der Waals surface area contributed by atoms with E-state index in [1.165, 1.54) is 6.92 Å². The number of carboxylic acid groups (broad SMARTS) is 1. The highest BCUT2D eigenvalue weighted by atomic mass is 16.4. The summed E-state index contributed by atoms with van der Waals surface area (Å²) in [5, 5.41) is 20.6. The Kier molecular flexibility index (Phi) is 5.93. The first-order valence-corrected chi connectivity index (χ1v) is 5.08. The van der Waals surface area contributed by atoms with E-state index in [1.54, 1.807) is 0 Å². The molecule has 0 saturated carbocycles. The summed E-state index contributed by atoms with van der Waals surface area (Å²) in [5.74, 6) is -1.23. The average Bonchev–Trinajstić information content (AvgIpc) is 2.09. The number of carbonyl (C=O) groups excluding carboxylic acids is 1. The molecule has 0 rings (SSSR count). The van der Waals surface area contributed by atoms with Crippen LogP contribution in [0.2, 0.25) is 0 Å². The summed E-state index contributed by atoms with van der Waals surface area (Å²) in [6, 6.07) is 0. The molecule has 0 radical (unpaired) electrons. The molecule has 3 N–H and O–H groups in total. The van der Waals surface area contributed by atoms with Gasteiger partial charge in [-0.2, -0.15) is 0 Å². The van der Waals surface area contributed by atoms with E-state index in [0.29, 0.717) is 6.42 Å². The van der Waals surface area contributed by atoms with Crippen LogP contribution in [0.3, 0.4) is 0 Å². The van der Waals surface area contributed by atoms with Gasteiger partial charge in [-0.3, -0.25) is 9.59 Å². The van der Waals surface area contributed by atoms with Crippen molar-refractivity contribution in [3.05, 3.63) is 0 Å². The Morgan fingerprint density at radius 3 is 2.47 bits per heavy atom. The second-order valence-electron chi connectivity index (χ2n) is 3.95. The number of carboxylic acids is 1. The normalized spacial score (nSPS) is 14.3. The molecule has 0 aromatic heterocycles. The molecule has 5 heteroatoms. The molecule has 88 valence electrons. The average molecular weight is 217 g/mol. The van der Waals surface area contributed by atoms with E-state index in [2.05, 4.69) is 5.32 Å². The maximum atomic E-state index is 11.2. The van der Waals surface area contributed by atoms with Gasteiger partial charge in [0.2, 0.25) is 5.91 Å². The van der Waals surface area contributed by atoms with Gasteiger partial charge in [0.25, 0.3) is 0 Å². The maximum absolute atomic E-state index is 11.2. The van der Waals surface area contributed by atoms with Gasteiger partial charge >= 0.3 is 5.97 Å². The summed E-state index contributed by atoms with van der Waals surface area (Å²) in [6.07, 6.45) is 1.77. The van der Waals surface area contributed by atoms with Crippen LogP contribution < -0.4 is 5.32 Å². The van der Waals surface area contributed by atoms with Crippen molar-refractivity contribution < 1.29 is 19.8 Å². The Bertz CT molecular complexity index is 225. The van der Waals surface area contributed by atoms with E-state index in [0.717, 1.165) is 12.8 Å². The molecule has 1 atom stereocenters. The predicted molar refractivity (Wildman–Crippen MR) is 55.4 cm³/mol. The standard InChI is InChI=1S/C10H19NO4/c1-3-4-5-8(12)11-7-10(2,15)6-9(13)14/h15H,3-7H2,1-2H3,(H,11,12)(H,13,14). The summed E-state index contributed by atoms with van der Waals surface area (Å²) >= 11 is 0. The first-order chi connectivity index (χ1) is 6.87. The molecule has 0 bridgehead atoms. The minimum absolute atomic E-state index is 0.0259. The molecule has 5 nitrogen and oxygen atoms in total. The van der Waals surface area contributed by atoms with Gasteiger partial charge in [-0.1, -0.05) is 13.3 Å². The Balaban J connectivity index is 3.82. The zero-order valence-corrected chi connectivity index (χ0v) is 9.25.